The summed E-state index contributed by atoms with van der Waals surface area (Å²) in [5, 5.41) is 4.53. The van der Waals surface area contributed by atoms with Crippen molar-refractivity contribution in [1.29, 1.82) is 0 Å². The van der Waals surface area contributed by atoms with Crippen molar-refractivity contribution >= 4 is 27.0 Å². The average molecular weight is 530 g/mol. The summed E-state index contributed by atoms with van der Waals surface area (Å²) in [6.07, 6.45) is -1.34. The molecule has 4 aromatic rings. The molecule has 1 aliphatic heterocycles. The van der Waals surface area contributed by atoms with E-state index in [2.05, 4.69) is 10.1 Å². The normalized spacial score (nSPS) is 15.1. The average Bonchev–Trinajstić information content (AvgIpc) is 3.52. The van der Waals surface area contributed by atoms with Crippen molar-refractivity contribution in [2.24, 2.45) is 0 Å². The van der Waals surface area contributed by atoms with E-state index in [0.29, 0.717) is 11.5 Å². The molecule has 1 aromatic carbocycles. The second kappa shape index (κ2) is 9.67. The Balaban J connectivity index is 1.35. The van der Waals surface area contributed by atoms with Gasteiger partial charge in [-0.1, -0.05) is 17.7 Å². The number of sulfonamides is 1. The van der Waals surface area contributed by atoms with E-state index in [1.54, 1.807) is 48.2 Å². The van der Waals surface area contributed by atoms with E-state index in [-0.39, 0.29) is 65.8 Å². The van der Waals surface area contributed by atoms with E-state index >= 15 is 0 Å². The predicted molar refractivity (Wildman–Crippen MR) is 131 cm³/mol. The van der Waals surface area contributed by atoms with Crippen LogP contribution in [-0.4, -0.2) is 64.5 Å². The number of amides is 1. The maximum Gasteiger partial charge on any atom is 0.264 e. The highest BCUT2D eigenvalue weighted by atomic mass is 32.2. The highest BCUT2D eigenvalue weighted by molar-refractivity contribution is 7.89. The molecule has 0 spiro atoms. The first-order chi connectivity index (χ1) is 17.6. The molecule has 0 radical (unpaired) electrons. The van der Waals surface area contributed by atoms with Gasteiger partial charge in [-0.3, -0.25) is 4.79 Å². The fraction of sp³-hybridized carbons (Fsp3) is 0.320. The summed E-state index contributed by atoms with van der Waals surface area (Å²) < 4.78 is 61.8. The molecule has 3 aromatic heterocycles. The highest BCUT2D eigenvalue weighted by Gasteiger charge is 2.31. The molecule has 1 aliphatic rings. The van der Waals surface area contributed by atoms with Crippen LogP contribution >= 0.6 is 0 Å². The van der Waals surface area contributed by atoms with Crippen molar-refractivity contribution < 1.29 is 26.4 Å². The number of hydrogen-bond acceptors (Lipinski definition) is 6. The second-order valence-corrected chi connectivity index (χ2v) is 10.9. The van der Waals surface area contributed by atoms with Crippen LogP contribution in [0.1, 0.15) is 23.2 Å². The number of alkyl halides is 2. The van der Waals surface area contributed by atoms with Gasteiger partial charge in [0.05, 0.1) is 22.2 Å². The number of aryl methyl sites for hydroxylation is 2. The van der Waals surface area contributed by atoms with Gasteiger partial charge in [0.2, 0.25) is 15.9 Å². The molecule has 0 aliphatic carbocycles. The van der Waals surface area contributed by atoms with E-state index in [1.807, 2.05) is 6.92 Å². The van der Waals surface area contributed by atoms with E-state index in [4.69, 9.17) is 4.42 Å². The number of piperazine rings is 1. The Kier molecular flexibility index (Phi) is 6.54. The molecule has 1 amide bonds. The number of nitrogens with zero attached hydrogens (tertiary/aromatic N) is 5. The van der Waals surface area contributed by atoms with Crippen LogP contribution in [0.3, 0.4) is 0 Å². The van der Waals surface area contributed by atoms with E-state index in [9.17, 15) is 22.0 Å². The van der Waals surface area contributed by atoms with Crippen LogP contribution in [0.4, 0.5) is 8.78 Å². The van der Waals surface area contributed by atoms with Crippen molar-refractivity contribution in [3.8, 4) is 11.5 Å². The lowest BCUT2D eigenvalue weighted by molar-refractivity contribution is -0.133. The Morgan fingerprint density at radius 2 is 1.78 bits per heavy atom. The Morgan fingerprint density at radius 3 is 2.41 bits per heavy atom. The molecule has 0 saturated carbocycles. The molecular weight excluding hydrogens is 504 g/mol. The number of hydrogen-bond donors (Lipinski definition) is 0. The molecule has 12 heteroatoms. The van der Waals surface area contributed by atoms with Crippen LogP contribution in [0.25, 0.3) is 22.5 Å². The van der Waals surface area contributed by atoms with Gasteiger partial charge in [0, 0.05) is 31.7 Å². The summed E-state index contributed by atoms with van der Waals surface area (Å²) in [6.45, 7) is 3.97. The van der Waals surface area contributed by atoms with Gasteiger partial charge < -0.3 is 9.32 Å². The van der Waals surface area contributed by atoms with Gasteiger partial charge in [-0.25, -0.2) is 26.9 Å². The first-order valence-corrected chi connectivity index (χ1v) is 13.1. The summed E-state index contributed by atoms with van der Waals surface area (Å²) in [5.74, 6) is 0.0204. The minimum atomic E-state index is -3.66. The lowest BCUT2D eigenvalue weighted by Crippen LogP contribution is -2.51. The Bertz CT molecular complexity index is 1540. The van der Waals surface area contributed by atoms with E-state index in [0.717, 1.165) is 5.56 Å². The molecule has 5 rings (SSSR count). The number of carbonyl (C=O) groups excluding carboxylic acids is 1. The molecule has 0 bridgehead atoms. The largest absolute Gasteiger partial charge is 0.463 e. The van der Waals surface area contributed by atoms with E-state index in [1.165, 1.54) is 21.3 Å². The summed E-state index contributed by atoms with van der Waals surface area (Å²) in [5.41, 5.74) is 1.45. The SMILES string of the molecule is Cc1ccc(S(=O)(=O)N2CCN(C(=O)Cn3nc(C)c4c(C(F)F)cc(-c5ccco5)nc43)CC2)cc1. The smallest absolute Gasteiger partial charge is 0.264 e. The number of furan rings is 1. The molecule has 1 saturated heterocycles. The third-order valence-electron chi connectivity index (χ3n) is 6.45. The maximum atomic E-state index is 13.9. The van der Waals surface area contributed by atoms with Crippen LogP contribution in [-0.2, 0) is 21.4 Å². The number of halogens is 2. The van der Waals surface area contributed by atoms with Gasteiger partial charge in [-0.05, 0) is 44.2 Å². The Morgan fingerprint density at radius 1 is 1.08 bits per heavy atom. The fourth-order valence-corrected chi connectivity index (χ4v) is 5.91. The molecule has 194 valence electrons. The van der Waals surface area contributed by atoms with Gasteiger partial charge in [0.15, 0.2) is 11.4 Å². The number of fused-ring (bicyclic) bond motifs is 1. The fourth-order valence-electron chi connectivity index (χ4n) is 4.48. The summed E-state index contributed by atoms with van der Waals surface area (Å²) >= 11 is 0. The zero-order valence-corrected chi connectivity index (χ0v) is 21.1. The molecule has 1 fully saturated rings. The molecule has 9 nitrogen and oxygen atoms in total. The van der Waals surface area contributed by atoms with E-state index < -0.39 is 16.4 Å². The number of rotatable bonds is 6. The number of aromatic nitrogens is 3. The van der Waals surface area contributed by atoms with Gasteiger partial charge in [0.1, 0.15) is 12.2 Å². The molecule has 0 unspecified atom stereocenters. The van der Waals surface area contributed by atoms with Crippen LogP contribution in [0.15, 0.2) is 58.0 Å². The first kappa shape index (κ1) is 25.0. The van der Waals surface area contributed by atoms with Crippen LogP contribution < -0.4 is 0 Å². The predicted octanol–water partition coefficient (Wildman–Crippen LogP) is 3.78. The lowest BCUT2D eigenvalue weighted by atomic mass is 10.1. The molecule has 4 heterocycles. The third kappa shape index (κ3) is 4.74. The first-order valence-electron chi connectivity index (χ1n) is 11.7. The highest BCUT2D eigenvalue weighted by Crippen LogP contribution is 2.33. The standard InChI is InChI=1S/C25H25F2N5O4S/c1-16-5-7-18(8-6-16)37(34,35)31-11-9-30(10-12-31)22(33)15-32-25-23(17(2)29-32)19(24(26)27)14-20(28-25)21-4-3-13-36-21/h3-8,13-14,24H,9-12,15H2,1-2H3. The van der Waals surface area contributed by atoms with Gasteiger partial charge in [-0.2, -0.15) is 9.40 Å². The molecule has 0 N–H and O–H groups in total. The molecule has 0 atom stereocenters. The minimum Gasteiger partial charge on any atom is -0.463 e. The van der Waals surface area contributed by atoms with Crippen molar-refractivity contribution in [2.45, 2.75) is 31.7 Å². The van der Waals surface area contributed by atoms with Crippen LogP contribution in [0.2, 0.25) is 0 Å². The number of benzene rings is 1. The third-order valence-corrected chi connectivity index (χ3v) is 8.36. The Hall–Kier alpha value is -3.64. The van der Waals surface area contributed by atoms with Crippen molar-refractivity contribution in [3.05, 3.63) is 65.5 Å². The summed E-state index contributed by atoms with van der Waals surface area (Å²) in [7, 11) is -3.66. The van der Waals surface area contributed by atoms with Crippen molar-refractivity contribution in [1.82, 2.24) is 24.0 Å². The summed E-state index contributed by atoms with van der Waals surface area (Å²) in [4.78, 5) is 19.4. The maximum absolute atomic E-state index is 13.9. The zero-order chi connectivity index (χ0) is 26.3. The second-order valence-electron chi connectivity index (χ2n) is 8.91. The summed E-state index contributed by atoms with van der Waals surface area (Å²) in [6, 6.07) is 11.2. The van der Waals surface area contributed by atoms with Crippen LogP contribution in [0.5, 0.6) is 0 Å². The monoisotopic (exact) mass is 529 g/mol. The minimum absolute atomic E-state index is 0.150. The zero-order valence-electron chi connectivity index (χ0n) is 20.3. The van der Waals surface area contributed by atoms with Gasteiger partial charge in [-0.15, -0.1) is 0 Å². The van der Waals surface area contributed by atoms with Crippen molar-refractivity contribution in [3.63, 3.8) is 0 Å². The Labute approximate surface area is 212 Å². The quantitative estimate of drug-likeness (QED) is 0.377. The number of pyridine rings is 1. The number of carbonyl (C=O) groups is 1. The lowest BCUT2D eigenvalue weighted by Gasteiger charge is -2.34. The van der Waals surface area contributed by atoms with Crippen LogP contribution in [0, 0.1) is 13.8 Å². The topological polar surface area (TPSA) is 102 Å². The van der Waals surface area contributed by atoms with Gasteiger partial charge in [0.25, 0.3) is 6.43 Å². The molecular formula is C25H25F2N5O4S. The van der Waals surface area contributed by atoms with Gasteiger partial charge >= 0.3 is 0 Å². The molecule has 37 heavy (non-hydrogen) atoms. The van der Waals surface area contributed by atoms with Crippen molar-refractivity contribution in [2.75, 3.05) is 26.2 Å².